The molecule has 0 bridgehead atoms. The fraction of sp³-hybridized carbons (Fsp3) is 0. The summed E-state index contributed by atoms with van der Waals surface area (Å²) in [6, 6.07) is 73.4. The average Bonchev–Trinajstić information content (AvgIpc) is 3.83. The number of hydrogen-bond acceptors (Lipinski definition) is 3. The number of hydrogen-bond donors (Lipinski definition) is 0. The minimum Gasteiger partial charge on any atom is -0.310 e. The molecule has 0 aliphatic rings. The molecule has 2 heterocycles. The fourth-order valence-corrected chi connectivity index (χ4v) is 10.7. The number of benzene rings is 9. The van der Waals surface area contributed by atoms with Crippen LogP contribution in [0.15, 0.2) is 200 Å². The van der Waals surface area contributed by atoms with Gasteiger partial charge in [-0.15, -0.1) is 22.7 Å². The normalized spacial score (nSPS) is 11.6. The minimum atomic E-state index is 1.12. The van der Waals surface area contributed by atoms with E-state index in [9.17, 15) is 0 Å². The van der Waals surface area contributed by atoms with Gasteiger partial charge in [0.05, 0.1) is 5.69 Å². The number of anilines is 3. The van der Waals surface area contributed by atoms with E-state index in [1.807, 2.05) is 22.7 Å². The zero-order valence-corrected chi connectivity index (χ0v) is 31.4. The third-order valence-corrected chi connectivity index (χ3v) is 13.2. The largest absolute Gasteiger partial charge is 0.310 e. The van der Waals surface area contributed by atoms with Crippen LogP contribution in [0.5, 0.6) is 0 Å². The zero-order chi connectivity index (χ0) is 36.3. The van der Waals surface area contributed by atoms with Gasteiger partial charge in [0.25, 0.3) is 0 Å². The lowest BCUT2D eigenvalue weighted by Crippen LogP contribution is -2.10. The number of nitrogens with zero attached hydrogens (tertiary/aromatic N) is 1. The molecular formula is C52H33NS2. The van der Waals surface area contributed by atoms with Crippen LogP contribution in [0.2, 0.25) is 0 Å². The van der Waals surface area contributed by atoms with E-state index in [0.717, 1.165) is 11.4 Å². The first-order chi connectivity index (χ1) is 27.3. The first kappa shape index (κ1) is 32.0. The van der Waals surface area contributed by atoms with Crippen LogP contribution in [0.3, 0.4) is 0 Å². The van der Waals surface area contributed by atoms with Crippen LogP contribution in [0.1, 0.15) is 0 Å². The lowest BCUT2D eigenvalue weighted by atomic mass is 9.95. The van der Waals surface area contributed by atoms with Crippen molar-refractivity contribution in [1.29, 1.82) is 0 Å². The van der Waals surface area contributed by atoms with E-state index in [4.69, 9.17) is 0 Å². The Bertz CT molecular complexity index is 3220. The van der Waals surface area contributed by atoms with Crippen molar-refractivity contribution in [3.8, 4) is 33.4 Å². The molecule has 1 nitrogen and oxygen atoms in total. The van der Waals surface area contributed by atoms with Crippen molar-refractivity contribution < 1.29 is 0 Å². The number of rotatable bonds is 6. The molecule has 0 N–H and O–H groups in total. The molecule has 11 aromatic rings. The summed E-state index contributed by atoms with van der Waals surface area (Å²) >= 11 is 3.74. The van der Waals surface area contributed by atoms with Crippen molar-refractivity contribution in [3.05, 3.63) is 200 Å². The highest BCUT2D eigenvalue weighted by Gasteiger charge is 2.20. The van der Waals surface area contributed by atoms with Crippen LogP contribution in [-0.2, 0) is 0 Å². The molecule has 0 spiro atoms. The van der Waals surface area contributed by atoms with Crippen molar-refractivity contribution in [2.75, 3.05) is 4.90 Å². The van der Waals surface area contributed by atoms with Gasteiger partial charge in [-0.1, -0.05) is 146 Å². The predicted molar refractivity (Wildman–Crippen MR) is 241 cm³/mol. The molecule has 0 amide bonds. The second kappa shape index (κ2) is 13.1. The fourth-order valence-electron chi connectivity index (χ4n) is 8.30. The molecular weight excluding hydrogens is 703 g/mol. The first-order valence-corrected chi connectivity index (χ1v) is 20.3. The van der Waals surface area contributed by atoms with Gasteiger partial charge in [0.1, 0.15) is 0 Å². The molecule has 0 radical (unpaired) electrons. The van der Waals surface area contributed by atoms with Gasteiger partial charge in [0.15, 0.2) is 0 Å². The molecule has 0 saturated heterocycles. The molecule has 2 aromatic heterocycles. The third-order valence-electron chi connectivity index (χ3n) is 10.9. The van der Waals surface area contributed by atoms with Crippen molar-refractivity contribution in [2.45, 2.75) is 0 Å². The Kier molecular flexibility index (Phi) is 7.61. The van der Waals surface area contributed by atoms with Crippen LogP contribution >= 0.6 is 22.7 Å². The van der Waals surface area contributed by atoms with Crippen LogP contribution < -0.4 is 4.90 Å². The van der Waals surface area contributed by atoms with E-state index < -0.39 is 0 Å². The van der Waals surface area contributed by atoms with Gasteiger partial charge in [0.2, 0.25) is 0 Å². The van der Waals surface area contributed by atoms with Crippen molar-refractivity contribution in [1.82, 2.24) is 0 Å². The Hall–Kier alpha value is -6.52. The monoisotopic (exact) mass is 735 g/mol. The lowest BCUT2D eigenvalue weighted by molar-refractivity contribution is 1.30. The number of thiophene rings is 2. The van der Waals surface area contributed by atoms with Crippen LogP contribution in [0.25, 0.3) is 84.5 Å². The Morgan fingerprint density at radius 3 is 1.80 bits per heavy atom. The molecule has 0 fully saturated rings. The Morgan fingerprint density at radius 2 is 0.927 bits per heavy atom. The van der Waals surface area contributed by atoms with Gasteiger partial charge in [-0.3, -0.25) is 0 Å². The summed E-state index contributed by atoms with van der Waals surface area (Å²) in [6.07, 6.45) is 0. The van der Waals surface area contributed by atoms with Crippen molar-refractivity contribution in [3.63, 3.8) is 0 Å². The number of fused-ring (bicyclic) bond motifs is 7. The molecule has 3 heteroatoms. The highest BCUT2D eigenvalue weighted by molar-refractivity contribution is 7.26. The van der Waals surface area contributed by atoms with Crippen molar-refractivity contribution >= 4 is 90.9 Å². The Morgan fingerprint density at radius 1 is 0.327 bits per heavy atom. The molecule has 9 aromatic carbocycles. The SMILES string of the molecule is c1cc(-c2cccc(N(c3ccc(-c4cccc5c4sc4ccccc45)cc3)c3cccc4sc5ccccc5c34)c2)cc(-c2cccc3ccccc23)c1. The molecule has 0 aliphatic carbocycles. The van der Waals surface area contributed by atoms with E-state index in [1.165, 1.54) is 90.2 Å². The second-order valence-corrected chi connectivity index (χ2v) is 16.2. The summed E-state index contributed by atoms with van der Waals surface area (Å²) in [5, 5.41) is 7.74. The topological polar surface area (TPSA) is 3.24 Å². The maximum atomic E-state index is 2.45. The smallest absolute Gasteiger partial charge is 0.0554 e. The molecule has 0 unspecified atom stereocenters. The molecule has 258 valence electrons. The van der Waals surface area contributed by atoms with E-state index in [0.29, 0.717) is 0 Å². The molecule has 0 atom stereocenters. The molecule has 11 rings (SSSR count). The quantitative estimate of drug-likeness (QED) is 0.164. The van der Waals surface area contributed by atoms with E-state index >= 15 is 0 Å². The predicted octanol–water partition coefficient (Wildman–Crippen LogP) is 16.0. The van der Waals surface area contributed by atoms with Crippen LogP contribution in [-0.4, -0.2) is 0 Å². The highest BCUT2D eigenvalue weighted by Crippen LogP contribution is 2.46. The minimum absolute atomic E-state index is 1.12. The summed E-state index contributed by atoms with van der Waals surface area (Å²) in [5.74, 6) is 0. The average molecular weight is 736 g/mol. The maximum absolute atomic E-state index is 2.45. The van der Waals surface area contributed by atoms with Gasteiger partial charge in [-0.2, -0.15) is 0 Å². The zero-order valence-electron chi connectivity index (χ0n) is 29.8. The van der Waals surface area contributed by atoms with Crippen LogP contribution in [0.4, 0.5) is 17.1 Å². The third kappa shape index (κ3) is 5.43. The summed E-state index contributed by atoms with van der Waals surface area (Å²) in [6.45, 7) is 0. The first-order valence-electron chi connectivity index (χ1n) is 18.7. The summed E-state index contributed by atoms with van der Waals surface area (Å²) < 4.78 is 5.25. The van der Waals surface area contributed by atoms with E-state index in [-0.39, 0.29) is 0 Å². The summed E-state index contributed by atoms with van der Waals surface area (Å²) in [4.78, 5) is 2.45. The van der Waals surface area contributed by atoms with Gasteiger partial charge >= 0.3 is 0 Å². The molecule has 55 heavy (non-hydrogen) atoms. The molecule has 0 aliphatic heterocycles. The van der Waals surface area contributed by atoms with Crippen molar-refractivity contribution in [2.24, 2.45) is 0 Å². The molecule has 0 saturated carbocycles. The summed E-state index contributed by atoms with van der Waals surface area (Å²) in [7, 11) is 0. The van der Waals surface area contributed by atoms with Gasteiger partial charge in [0, 0.05) is 51.7 Å². The van der Waals surface area contributed by atoms with Gasteiger partial charge in [-0.25, -0.2) is 0 Å². The Balaban J connectivity index is 1.06. The van der Waals surface area contributed by atoms with E-state index in [1.54, 1.807) is 0 Å². The summed E-state index contributed by atoms with van der Waals surface area (Å²) in [5.41, 5.74) is 10.8. The lowest BCUT2D eigenvalue weighted by Gasteiger charge is -2.27. The second-order valence-electron chi connectivity index (χ2n) is 14.1. The standard InChI is InChI=1S/C52H33NS2/c1-2-18-41-34(12-1)13-9-21-42(41)38-16-7-14-36(32-38)37-15-8-17-40(33-37)53(47-24-11-27-50-51(47)46-20-4-6-26-49(46)54-50)39-30-28-35(29-31-39)43-22-10-23-45-44-19-3-5-25-48(44)55-52(43)45/h1-33H. The highest BCUT2D eigenvalue weighted by atomic mass is 32.1. The maximum Gasteiger partial charge on any atom is 0.0554 e. The van der Waals surface area contributed by atoms with Crippen LogP contribution in [0, 0.1) is 0 Å². The van der Waals surface area contributed by atoms with Gasteiger partial charge < -0.3 is 4.90 Å². The van der Waals surface area contributed by atoms with E-state index in [2.05, 4.69) is 205 Å². The Labute approximate surface area is 327 Å². The van der Waals surface area contributed by atoms with Gasteiger partial charge in [-0.05, 0) is 98.8 Å².